The van der Waals surface area contributed by atoms with E-state index in [1.165, 1.54) is 0 Å². The van der Waals surface area contributed by atoms with Crippen LogP contribution >= 0.6 is 0 Å². The molecule has 1 aliphatic heterocycles. The molecule has 0 aliphatic carbocycles. The van der Waals surface area contributed by atoms with Gasteiger partial charge in [-0.05, 0) is 29.8 Å². The Kier molecular flexibility index (Phi) is 2.45. The van der Waals surface area contributed by atoms with Crippen molar-refractivity contribution in [3.8, 4) is 0 Å². The molecule has 0 unspecified atom stereocenters. The molecule has 4 nitrogen and oxygen atoms in total. The normalized spacial score (nSPS) is 17.1. The summed E-state index contributed by atoms with van der Waals surface area (Å²) in [6.07, 6.45) is 1.89. The predicted octanol–water partition coefficient (Wildman–Crippen LogP) is 2.03. The number of benzene rings is 1. The summed E-state index contributed by atoms with van der Waals surface area (Å²) in [5, 5.41) is 8.90. The van der Waals surface area contributed by atoms with Crippen LogP contribution in [0.1, 0.15) is 21.6 Å². The summed E-state index contributed by atoms with van der Waals surface area (Å²) in [4.78, 5) is 14.1. The third-order valence-electron chi connectivity index (χ3n) is 3.49. The molecule has 1 aliphatic rings. The minimum atomic E-state index is -0.902. The number of H-pyrrole nitrogens is 1. The van der Waals surface area contributed by atoms with E-state index >= 15 is 0 Å². The standard InChI is InChI=1S/C14H13NO3/c16-13(17)10-3-5-11(6-4-10)14(8-18-9-14)12-2-1-7-15-12/h1-7,15H,8-9H2,(H,16,17). The van der Waals surface area contributed by atoms with Crippen molar-refractivity contribution in [3.63, 3.8) is 0 Å². The molecule has 0 spiro atoms. The molecule has 0 amide bonds. The van der Waals surface area contributed by atoms with Crippen LogP contribution in [0.5, 0.6) is 0 Å². The Labute approximate surface area is 104 Å². The lowest BCUT2D eigenvalue weighted by Gasteiger charge is -2.41. The van der Waals surface area contributed by atoms with Crippen LogP contribution in [0.15, 0.2) is 42.6 Å². The van der Waals surface area contributed by atoms with Gasteiger partial charge in [-0.2, -0.15) is 0 Å². The fourth-order valence-electron chi connectivity index (χ4n) is 2.34. The van der Waals surface area contributed by atoms with Gasteiger partial charge >= 0.3 is 5.97 Å². The Morgan fingerprint density at radius 3 is 2.39 bits per heavy atom. The number of rotatable bonds is 3. The minimum Gasteiger partial charge on any atom is -0.478 e. The Morgan fingerprint density at radius 2 is 1.94 bits per heavy atom. The van der Waals surface area contributed by atoms with Crippen molar-refractivity contribution in [1.29, 1.82) is 0 Å². The molecule has 1 aromatic heterocycles. The molecular weight excluding hydrogens is 230 g/mol. The van der Waals surface area contributed by atoms with E-state index in [9.17, 15) is 4.79 Å². The van der Waals surface area contributed by atoms with Gasteiger partial charge in [-0.3, -0.25) is 0 Å². The SMILES string of the molecule is O=C(O)c1ccc(C2(c3ccc[nH]3)COC2)cc1. The molecule has 0 bridgehead atoms. The zero-order valence-corrected chi connectivity index (χ0v) is 9.72. The zero-order valence-electron chi connectivity index (χ0n) is 9.72. The van der Waals surface area contributed by atoms with E-state index in [1.54, 1.807) is 12.1 Å². The summed E-state index contributed by atoms with van der Waals surface area (Å²) in [7, 11) is 0. The topological polar surface area (TPSA) is 62.3 Å². The highest BCUT2D eigenvalue weighted by atomic mass is 16.5. The molecular formula is C14H13NO3. The lowest BCUT2D eigenvalue weighted by molar-refractivity contribution is -0.0397. The largest absolute Gasteiger partial charge is 0.478 e. The number of ether oxygens (including phenoxy) is 1. The summed E-state index contributed by atoms with van der Waals surface area (Å²) in [5.74, 6) is -0.902. The molecule has 1 fully saturated rings. The molecule has 2 heterocycles. The van der Waals surface area contributed by atoms with Gasteiger partial charge in [-0.25, -0.2) is 4.79 Å². The van der Waals surface area contributed by atoms with Gasteiger partial charge in [0, 0.05) is 11.9 Å². The number of aromatic carboxylic acids is 1. The first kappa shape index (κ1) is 11.0. The van der Waals surface area contributed by atoms with Crippen molar-refractivity contribution in [1.82, 2.24) is 4.98 Å². The third kappa shape index (κ3) is 1.54. The summed E-state index contributed by atoms with van der Waals surface area (Å²) in [6.45, 7) is 1.25. The minimum absolute atomic E-state index is 0.152. The molecule has 3 rings (SSSR count). The quantitative estimate of drug-likeness (QED) is 0.867. The summed E-state index contributed by atoms with van der Waals surface area (Å²) >= 11 is 0. The molecule has 2 N–H and O–H groups in total. The van der Waals surface area contributed by atoms with E-state index in [-0.39, 0.29) is 5.41 Å². The number of aromatic nitrogens is 1. The molecule has 4 heteroatoms. The van der Waals surface area contributed by atoms with Crippen molar-refractivity contribution < 1.29 is 14.6 Å². The molecule has 1 saturated heterocycles. The van der Waals surface area contributed by atoms with Gasteiger partial charge in [0.05, 0.1) is 24.2 Å². The molecule has 0 saturated carbocycles. The van der Waals surface area contributed by atoms with Gasteiger partial charge < -0.3 is 14.8 Å². The maximum Gasteiger partial charge on any atom is 0.335 e. The molecule has 92 valence electrons. The van der Waals surface area contributed by atoms with Crippen molar-refractivity contribution >= 4 is 5.97 Å². The Hall–Kier alpha value is -2.07. The maximum absolute atomic E-state index is 10.8. The van der Waals surface area contributed by atoms with E-state index in [1.807, 2.05) is 30.5 Å². The van der Waals surface area contributed by atoms with Crippen molar-refractivity contribution in [3.05, 3.63) is 59.4 Å². The second-order valence-electron chi connectivity index (χ2n) is 4.54. The zero-order chi connectivity index (χ0) is 12.6. The van der Waals surface area contributed by atoms with Crippen LogP contribution in [0.2, 0.25) is 0 Å². The number of carboxylic acid groups (broad SMARTS) is 1. The summed E-state index contributed by atoms with van der Waals surface area (Å²) in [5.41, 5.74) is 2.35. The molecule has 2 aromatic rings. The second kappa shape index (κ2) is 3.99. The fraction of sp³-hybridized carbons (Fsp3) is 0.214. The first-order valence-electron chi connectivity index (χ1n) is 5.78. The van der Waals surface area contributed by atoms with Crippen LogP contribution in [0.25, 0.3) is 0 Å². The van der Waals surface area contributed by atoms with Gasteiger partial charge in [-0.15, -0.1) is 0 Å². The predicted molar refractivity (Wildman–Crippen MR) is 65.8 cm³/mol. The van der Waals surface area contributed by atoms with Gasteiger partial charge in [0.25, 0.3) is 0 Å². The lowest BCUT2D eigenvalue weighted by Crippen LogP contribution is -2.47. The summed E-state index contributed by atoms with van der Waals surface area (Å²) in [6, 6.07) is 11.0. The Balaban J connectivity index is 2.00. The van der Waals surface area contributed by atoms with Crippen molar-refractivity contribution in [2.45, 2.75) is 5.41 Å². The van der Waals surface area contributed by atoms with Crippen LogP contribution in [0, 0.1) is 0 Å². The molecule has 0 radical (unpaired) electrons. The van der Waals surface area contributed by atoms with Crippen LogP contribution in [-0.4, -0.2) is 29.3 Å². The molecule has 18 heavy (non-hydrogen) atoms. The van der Waals surface area contributed by atoms with Gasteiger partial charge in [-0.1, -0.05) is 12.1 Å². The van der Waals surface area contributed by atoms with Crippen LogP contribution in [0.3, 0.4) is 0 Å². The van der Waals surface area contributed by atoms with E-state index in [0.717, 1.165) is 11.3 Å². The Bertz CT molecular complexity index is 553. The fourth-order valence-corrected chi connectivity index (χ4v) is 2.34. The second-order valence-corrected chi connectivity index (χ2v) is 4.54. The number of hydrogen-bond acceptors (Lipinski definition) is 2. The number of aromatic amines is 1. The summed E-state index contributed by atoms with van der Waals surface area (Å²) < 4.78 is 5.36. The first-order chi connectivity index (χ1) is 8.72. The smallest absolute Gasteiger partial charge is 0.335 e. The van der Waals surface area contributed by atoms with Gasteiger partial charge in [0.15, 0.2) is 0 Å². The Morgan fingerprint density at radius 1 is 1.22 bits per heavy atom. The first-order valence-corrected chi connectivity index (χ1v) is 5.78. The average Bonchev–Trinajstić information content (AvgIpc) is 2.82. The van der Waals surface area contributed by atoms with Crippen molar-refractivity contribution in [2.75, 3.05) is 13.2 Å². The number of carboxylic acids is 1. The monoisotopic (exact) mass is 243 g/mol. The van der Waals surface area contributed by atoms with Gasteiger partial charge in [0.1, 0.15) is 0 Å². The van der Waals surface area contributed by atoms with Crippen molar-refractivity contribution in [2.24, 2.45) is 0 Å². The van der Waals surface area contributed by atoms with E-state index in [2.05, 4.69) is 4.98 Å². The van der Waals surface area contributed by atoms with E-state index < -0.39 is 5.97 Å². The van der Waals surface area contributed by atoms with Crippen LogP contribution < -0.4 is 0 Å². The number of hydrogen-bond donors (Lipinski definition) is 2. The van der Waals surface area contributed by atoms with E-state index in [4.69, 9.17) is 9.84 Å². The molecule has 0 atom stereocenters. The number of carbonyl (C=O) groups is 1. The van der Waals surface area contributed by atoms with Gasteiger partial charge in [0.2, 0.25) is 0 Å². The average molecular weight is 243 g/mol. The highest BCUT2D eigenvalue weighted by molar-refractivity contribution is 5.87. The highest BCUT2D eigenvalue weighted by Gasteiger charge is 2.42. The van der Waals surface area contributed by atoms with Crippen LogP contribution in [0.4, 0.5) is 0 Å². The molecule has 1 aromatic carbocycles. The highest BCUT2D eigenvalue weighted by Crippen LogP contribution is 2.38. The number of nitrogens with one attached hydrogen (secondary N) is 1. The lowest BCUT2D eigenvalue weighted by atomic mass is 9.76. The maximum atomic E-state index is 10.8. The third-order valence-corrected chi connectivity index (χ3v) is 3.49. The van der Waals surface area contributed by atoms with E-state index in [0.29, 0.717) is 18.8 Å². The van der Waals surface area contributed by atoms with Crippen LogP contribution in [-0.2, 0) is 10.2 Å².